The van der Waals surface area contributed by atoms with E-state index in [0.29, 0.717) is 36.5 Å². The number of carbonyl (C=O) groups excluding carboxylic acids is 1. The molecule has 1 unspecified atom stereocenters. The summed E-state index contributed by atoms with van der Waals surface area (Å²) in [4.78, 5) is 29.4. The smallest absolute Gasteiger partial charge is 0.303 e. The Hall–Kier alpha value is -3.55. The molecule has 0 spiro atoms. The predicted octanol–water partition coefficient (Wildman–Crippen LogP) is 5.01. The van der Waals surface area contributed by atoms with Crippen LogP contribution in [0.5, 0.6) is 5.75 Å². The van der Waals surface area contributed by atoms with Gasteiger partial charge in [0.15, 0.2) is 5.76 Å². The fourth-order valence-electron chi connectivity index (χ4n) is 3.06. The Morgan fingerprint density at radius 2 is 2.00 bits per heavy atom. The van der Waals surface area contributed by atoms with Gasteiger partial charge in [-0.15, -0.1) is 0 Å². The minimum Gasteiger partial charge on any atom is -0.493 e. The molecule has 1 atom stereocenters. The number of carboxylic acid groups (broad SMARTS) is 1. The summed E-state index contributed by atoms with van der Waals surface area (Å²) in [5, 5.41) is 8.72. The molecule has 2 aromatic heterocycles. The second-order valence-corrected chi connectivity index (χ2v) is 7.53. The molecule has 3 aromatic rings. The van der Waals surface area contributed by atoms with Crippen LogP contribution in [-0.2, 0) is 11.3 Å². The van der Waals surface area contributed by atoms with Crippen molar-refractivity contribution in [1.82, 2.24) is 9.88 Å². The number of carboxylic acids is 1. The van der Waals surface area contributed by atoms with Gasteiger partial charge in [0.1, 0.15) is 5.75 Å². The minimum absolute atomic E-state index is 0.0178. The van der Waals surface area contributed by atoms with Crippen LogP contribution in [0.4, 0.5) is 0 Å². The number of benzene rings is 1. The molecule has 1 N–H and O–H groups in total. The van der Waals surface area contributed by atoms with E-state index in [4.69, 9.17) is 20.0 Å². The number of oxazole rings is 1. The first kappa shape index (κ1) is 21.7. The molecular formula is C24H28N2O6. The number of carbonyl (C=O) groups is 2. The van der Waals surface area contributed by atoms with E-state index in [0.717, 1.165) is 6.42 Å². The molecule has 0 aliphatic rings. The van der Waals surface area contributed by atoms with Crippen molar-refractivity contribution in [3.63, 3.8) is 0 Å². The number of ether oxygens (including phenoxy) is 1. The fraction of sp³-hybridized carbons (Fsp3) is 0.375. The first-order chi connectivity index (χ1) is 15.9. The molecule has 0 bridgehead atoms. The van der Waals surface area contributed by atoms with Gasteiger partial charge in [0.2, 0.25) is 5.76 Å². The van der Waals surface area contributed by atoms with E-state index in [9.17, 15) is 9.59 Å². The summed E-state index contributed by atoms with van der Waals surface area (Å²) >= 11 is 0. The molecule has 170 valence electrons. The fourth-order valence-corrected chi connectivity index (χ4v) is 3.06. The van der Waals surface area contributed by atoms with Gasteiger partial charge in [-0.3, -0.25) is 9.59 Å². The number of aromatic nitrogens is 1. The molecule has 0 aliphatic carbocycles. The van der Waals surface area contributed by atoms with Crippen LogP contribution in [0, 0.1) is 0 Å². The minimum atomic E-state index is -1.03. The maximum Gasteiger partial charge on any atom is 0.303 e. The van der Waals surface area contributed by atoms with Crippen LogP contribution < -0.4 is 4.74 Å². The maximum atomic E-state index is 13.2. The molecule has 0 saturated heterocycles. The van der Waals surface area contributed by atoms with Gasteiger partial charge in [0.05, 0.1) is 27.0 Å². The highest BCUT2D eigenvalue weighted by molar-refractivity contribution is 5.91. The molecule has 8 heteroatoms. The Kier molecular flexibility index (Phi) is 7.57. The van der Waals surface area contributed by atoms with E-state index in [-0.39, 0.29) is 24.1 Å². The van der Waals surface area contributed by atoms with E-state index >= 15 is 0 Å². The zero-order valence-corrected chi connectivity index (χ0v) is 18.2. The molecule has 1 aromatic carbocycles. The van der Waals surface area contributed by atoms with Gasteiger partial charge in [-0.25, -0.2) is 4.98 Å². The Bertz CT molecular complexity index is 1050. The van der Waals surface area contributed by atoms with Crippen molar-refractivity contribution in [2.75, 3.05) is 6.61 Å². The third-order valence-corrected chi connectivity index (χ3v) is 4.73. The first-order valence-electron chi connectivity index (χ1n) is 11.1. The number of rotatable bonds is 12. The lowest BCUT2D eigenvalue weighted by Crippen LogP contribution is -2.36. The van der Waals surface area contributed by atoms with Crippen LogP contribution >= 0.6 is 0 Å². The number of unbranched alkanes of at least 4 members (excludes halogenated alkanes) is 2. The summed E-state index contributed by atoms with van der Waals surface area (Å²) in [7, 11) is 0. The van der Waals surface area contributed by atoms with Crippen molar-refractivity contribution in [1.29, 1.82) is 0 Å². The van der Waals surface area contributed by atoms with Crippen molar-refractivity contribution in [3.05, 3.63) is 60.2 Å². The molecule has 2 heterocycles. The van der Waals surface area contributed by atoms with Crippen molar-refractivity contribution >= 4 is 11.9 Å². The number of hydrogen-bond acceptors (Lipinski definition) is 6. The van der Waals surface area contributed by atoms with Gasteiger partial charge in [-0.2, -0.15) is 0 Å². The van der Waals surface area contributed by atoms with Gasteiger partial charge in [-0.1, -0.05) is 18.2 Å². The Labute approximate surface area is 188 Å². The Morgan fingerprint density at radius 3 is 2.72 bits per heavy atom. The van der Waals surface area contributed by atoms with Crippen molar-refractivity contribution in [2.45, 2.75) is 52.1 Å². The van der Waals surface area contributed by atoms with E-state index < -0.39 is 18.4 Å². The topological polar surface area (TPSA) is 106 Å². The quantitative estimate of drug-likeness (QED) is 0.394. The van der Waals surface area contributed by atoms with Crippen LogP contribution in [0.3, 0.4) is 0 Å². The molecule has 0 aliphatic heterocycles. The highest BCUT2D eigenvalue weighted by Gasteiger charge is 2.24. The zero-order valence-electron chi connectivity index (χ0n) is 19.2. The van der Waals surface area contributed by atoms with Crippen molar-refractivity contribution in [2.24, 2.45) is 0 Å². The second kappa shape index (κ2) is 11.2. The van der Waals surface area contributed by atoms with E-state index in [1.54, 1.807) is 30.3 Å². The SMILES string of the molecule is [2H]C(c1ccccc1OCCCCCC(=O)O)N(C(=O)c1cnc(-c2ccco2)o1)C(C)C. The summed E-state index contributed by atoms with van der Waals surface area (Å²) in [6, 6.07) is 10.2. The number of furan rings is 1. The molecule has 0 saturated carbocycles. The largest absolute Gasteiger partial charge is 0.493 e. The summed E-state index contributed by atoms with van der Waals surface area (Å²) in [6.07, 6.45) is 4.99. The number of nitrogens with zero attached hydrogens (tertiary/aromatic N) is 2. The molecule has 8 nitrogen and oxygen atoms in total. The number of para-hydroxylation sites is 1. The van der Waals surface area contributed by atoms with Crippen molar-refractivity contribution in [3.8, 4) is 17.4 Å². The zero-order chi connectivity index (χ0) is 23.8. The number of hydrogen-bond donors (Lipinski definition) is 1. The monoisotopic (exact) mass is 441 g/mol. The number of aliphatic carboxylic acids is 1. The highest BCUT2D eigenvalue weighted by atomic mass is 16.5. The van der Waals surface area contributed by atoms with Gasteiger partial charge in [0, 0.05) is 18.0 Å². The van der Waals surface area contributed by atoms with E-state index in [1.807, 2.05) is 19.9 Å². The summed E-state index contributed by atoms with van der Waals surface area (Å²) < 4.78 is 25.6. The highest BCUT2D eigenvalue weighted by Crippen LogP contribution is 2.24. The lowest BCUT2D eigenvalue weighted by molar-refractivity contribution is -0.137. The van der Waals surface area contributed by atoms with Gasteiger partial charge < -0.3 is 23.6 Å². The lowest BCUT2D eigenvalue weighted by Gasteiger charge is -2.26. The van der Waals surface area contributed by atoms with E-state index in [1.165, 1.54) is 17.4 Å². The average molecular weight is 442 g/mol. The Balaban J connectivity index is 1.71. The summed E-state index contributed by atoms with van der Waals surface area (Å²) in [6.45, 7) is 3.02. The van der Waals surface area contributed by atoms with Gasteiger partial charge in [0.25, 0.3) is 11.8 Å². The summed E-state index contributed by atoms with van der Waals surface area (Å²) in [5.74, 6) is -0.124. The van der Waals surface area contributed by atoms with Gasteiger partial charge in [-0.05, 0) is 51.3 Å². The predicted molar refractivity (Wildman–Crippen MR) is 117 cm³/mol. The molecule has 0 radical (unpaired) electrons. The molecule has 3 rings (SSSR count). The molecule has 0 fully saturated rings. The van der Waals surface area contributed by atoms with Gasteiger partial charge >= 0.3 is 5.97 Å². The first-order valence-corrected chi connectivity index (χ1v) is 10.6. The maximum absolute atomic E-state index is 13.2. The number of amides is 1. The van der Waals surface area contributed by atoms with E-state index in [2.05, 4.69) is 4.98 Å². The van der Waals surface area contributed by atoms with Crippen LogP contribution in [0.2, 0.25) is 0 Å². The third-order valence-electron chi connectivity index (χ3n) is 4.73. The summed E-state index contributed by atoms with van der Waals surface area (Å²) in [5.41, 5.74) is 0.552. The normalized spacial score (nSPS) is 12.4. The second-order valence-electron chi connectivity index (χ2n) is 7.53. The third kappa shape index (κ3) is 6.23. The Morgan fingerprint density at radius 1 is 1.19 bits per heavy atom. The molecular weight excluding hydrogens is 412 g/mol. The van der Waals surface area contributed by atoms with Crippen molar-refractivity contribution < 1.29 is 29.6 Å². The van der Waals surface area contributed by atoms with Crippen LogP contribution in [0.1, 0.15) is 57.0 Å². The lowest BCUT2D eigenvalue weighted by atomic mass is 10.1. The molecule has 1 amide bonds. The standard InChI is InChI=1S/C24H28N2O6/c1-17(2)26(24(29)21-15-25-23(32-21)20-11-8-14-31-20)16-18-9-5-6-10-19(18)30-13-7-3-4-12-22(27)28/h5-6,8-11,14-15,17H,3-4,7,12-13,16H2,1-2H3,(H,27,28)/i16D. The van der Waals surface area contributed by atoms with Crippen LogP contribution in [-0.4, -0.2) is 39.5 Å². The van der Waals surface area contributed by atoms with Crippen LogP contribution in [0.25, 0.3) is 11.7 Å². The van der Waals surface area contributed by atoms with Crippen LogP contribution in [0.15, 0.2) is 57.7 Å². The average Bonchev–Trinajstić information content (AvgIpc) is 3.48. The molecule has 32 heavy (non-hydrogen) atoms.